The summed E-state index contributed by atoms with van der Waals surface area (Å²) in [5.74, 6) is 0.487. The lowest BCUT2D eigenvalue weighted by Gasteiger charge is -2.26. The minimum atomic E-state index is -4.62. The van der Waals surface area contributed by atoms with E-state index in [9.17, 15) is 31.7 Å². The number of anilines is 1. The van der Waals surface area contributed by atoms with Crippen molar-refractivity contribution in [2.24, 2.45) is 0 Å². The molecule has 0 aliphatic heterocycles. The Morgan fingerprint density at radius 2 is 1.62 bits per heavy atom. The maximum absolute atomic E-state index is 13.6. The van der Waals surface area contributed by atoms with Gasteiger partial charge in [0.2, 0.25) is 0 Å². The minimum Gasteiger partial charge on any atom is -0.493 e. The van der Waals surface area contributed by atoms with Crippen LogP contribution in [0.1, 0.15) is 11.1 Å². The van der Waals surface area contributed by atoms with Crippen LogP contribution in [0.25, 0.3) is 0 Å². The Kier molecular flexibility index (Phi) is 7.01. The molecule has 0 aliphatic rings. The lowest BCUT2D eigenvalue weighted by molar-refractivity contribution is -0.385. The van der Waals surface area contributed by atoms with Crippen LogP contribution >= 0.6 is 0 Å². The third-order valence-electron chi connectivity index (χ3n) is 4.85. The minimum absolute atomic E-state index is 0.0543. The van der Waals surface area contributed by atoms with Crippen LogP contribution in [0.4, 0.5) is 24.5 Å². The second-order valence-corrected chi connectivity index (χ2v) is 8.87. The van der Waals surface area contributed by atoms with E-state index in [-0.39, 0.29) is 17.0 Å². The molecule has 0 aromatic heterocycles. The lowest BCUT2D eigenvalue weighted by atomic mass is 10.1. The smallest absolute Gasteiger partial charge is 0.416 e. The Labute approximate surface area is 193 Å². The van der Waals surface area contributed by atoms with E-state index in [1.54, 1.807) is 0 Å². The number of halogens is 3. The molecule has 0 saturated heterocycles. The number of sulfonamides is 1. The Morgan fingerprint density at radius 3 is 2.24 bits per heavy atom. The van der Waals surface area contributed by atoms with Crippen molar-refractivity contribution >= 4 is 21.4 Å². The number of rotatable bonds is 8. The van der Waals surface area contributed by atoms with Crippen LogP contribution in [-0.4, -0.2) is 27.6 Å². The summed E-state index contributed by atoms with van der Waals surface area (Å²) in [7, 11) is -1.72. The molecule has 0 radical (unpaired) electrons. The largest absolute Gasteiger partial charge is 0.493 e. The fourth-order valence-electron chi connectivity index (χ4n) is 3.19. The topological polar surface area (TPSA) is 99.0 Å². The fraction of sp³-hybridized carbons (Fsp3) is 0.182. The van der Waals surface area contributed by atoms with E-state index in [4.69, 9.17) is 9.47 Å². The van der Waals surface area contributed by atoms with Gasteiger partial charge in [-0.1, -0.05) is 18.2 Å². The average Bonchev–Trinajstić information content (AvgIpc) is 2.81. The normalized spacial score (nSPS) is 11.7. The van der Waals surface area contributed by atoms with Crippen molar-refractivity contribution in [3.8, 4) is 11.5 Å². The van der Waals surface area contributed by atoms with Gasteiger partial charge in [-0.25, -0.2) is 8.42 Å². The molecule has 0 aliphatic carbocycles. The fourth-order valence-corrected chi connectivity index (χ4v) is 4.68. The Bertz CT molecular complexity index is 1310. The zero-order chi connectivity index (χ0) is 25.1. The van der Waals surface area contributed by atoms with Crippen molar-refractivity contribution in [2.75, 3.05) is 18.5 Å². The third kappa shape index (κ3) is 5.22. The molecule has 3 rings (SSSR count). The first-order valence-electron chi connectivity index (χ1n) is 9.62. The van der Waals surface area contributed by atoms with Gasteiger partial charge < -0.3 is 9.47 Å². The molecule has 8 nitrogen and oxygen atoms in total. The maximum atomic E-state index is 13.6. The van der Waals surface area contributed by atoms with E-state index in [1.807, 2.05) is 0 Å². The van der Waals surface area contributed by atoms with Crippen LogP contribution in [0, 0.1) is 10.1 Å². The van der Waals surface area contributed by atoms with Crippen LogP contribution in [0.5, 0.6) is 11.5 Å². The van der Waals surface area contributed by atoms with Crippen LogP contribution in [0.3, 0.4) is 0 Å². The summed E-state index contributed by atoms with van der Waals surface area (Å²) < 4.78 is 78.0. The first kappa shape index (κ1) is 24.8. The van der Waals surface area contributed by atoms with Gasteiger partial charge in [-0.15, -0.1) is 0 Å². The van der Waals surface area contributed by atoms with Gasteiger partial charge in [0.05, 0.1) is 41.8 Å². The molecule has 0 fully saturated rings. The Hall–Kier alpha value is -3.80. The second-order valence-electron chi connectivity index (χ2n) is 7.00. The molecule has 0 spiro atoms. The summed E-state index contributed by atoms with van der Waals surface area (Å²) >= 11 is 0. The van der Waals surface area contributed by atoms with Crippen molar-refractivity contribution < 1.29 is 36.0 Å². The zero-order valence-corrected chi connectivity index (χ0v) is 18.8. The summed E-state index contributed by atoms with van der Waals surface area (Å²) in [6.45, 7) is -0.482. The highest BCUT2D eigenvalue weighted by molar-refractivity contribution is 7.92. The van der Waals surface area contributed by atoms with Crippen LogP contribution < -0.4 is 13.8 Å². The number of methoxy groups -OCH3 is 2. The monoisotopic (exact) mass is 496 g/mol. The molecule has 0 N–H and O–H groups in total. The molecule has 12 heteroatoms. The number of benzene rings is 3. The number of hydrogen-bond acceptors (Lipinski definition) is 6. The number of non-ortho nitro benzene ring substituents is 1. The van der Waals surface area contributed by atoms with E-state index in [1.165, 1.54) is 56.7 Å². The summed E-state index contributed by atoms with van der Waals surface area (Å²) in [6, 6.07) is 12.8. The number of ether oxygens (including phenoxy) is 2. The number of hydrogen-bond donors (Lipinski definition) is 0. The van der Waals surface area contributed by atoms with Gasteiger partial charge in [0.15, 0.2) is 11.5 Å². The van der Waals surface area contributed by atoms with Gasteiger partial charge in [-0.3, -0.25) is 14.4 Å². The predicted octanol–water partition coefficient (Wildman–Crippen LogP) is 5.03. The van der Waals surface area contributed by atoms with Gasteiger partial charge in [0.25, 0.3) is 15.7 Å². The standard InChI is InChI=1S/C22H19F3N2O6S/c1-32-20-10-9-17(13-21(20)33-2)26(14-15-5-3-6-16(11-15)22(23,24)25)34(30,31)19-8-4-7-18(12-19)27(28)29/h3-13H,14H2,1-2H3. The highest BCUT2D eigenvalue weighted by Gasteiger charge is 2.32. The predicted molar refractivity (Wildman–Crippen MR) is 117 cm³/mol. The quantitative estimate of drug-likeness (QED) is 0.321. The van der Waals surface area contributed by atoms with Gasteiger partial charge in [-0.05, 0) is 35.9 Å². The number of nitro groups is 1. The van der Waals surface area contributed by atoms with Crippen LogP contribution in [0.15, 0.2) is 71.6 Å². The van der Waals surface area contributed by atoms with Crippen molar-refractivity contribution in [1.29, 1.82) is 0 Å². The summed E-state index contributed by atoms with van der Waals surface area (Å²) in [5.41, 5.74) is -1.28. The SMILES string of the molecule is COc1ccc(N(Cc2cccc(C(F)(F)F)c2)S(=O)(=O)c2cccc([N+](=O)[O-])c2)cc1OC. The lowest BCUT2D eigenvalue weighted by Crippen LogP contribution is -2.30. The molecule has 180 valence electrons. The highest BCUT2D eigenvalue weighted by Crippen LogP contribution is 2.36. The van der Waals surface area contributed by atoms with Crippen LogP contribution in [0.2, 0.25) is 0 Å². The molecule has 34 heavy (non-hydrogen) atoms. The molecule has 3 aromatic rings. The van der Waals surface area contributed by atoms with E-state index in [2.05, 4.69) is 0 Å². The molecular weight excluding hydrogens is 477 g/mol. The van der Waals surface area contributed by atoms with E-state index in [0.29, 0.717) is 5.75 Å². The maximum Gasteiger partial charge on any atom is 0.416 e. The van der Waals surface area contributed by atoms with Crippen molar-refractivity contribution in [3.05, 3.63) is 88.0 Å². The Morgan fingerprint density at radius 1 is 0.941 bits per heavy atom. The average molecular weight is 496 g/mol. The van der Waals surface area contributed by atoms with Crippen molar-refractivity contribution in [2.45, 2.75) is 17.6 Å². The molecule has 0 saturated carbocycles. The summed E-state index contributed by atoms with van der Waals surface area (Å²) in [4.78, 5) is 10.0. The third-order valence-corrected chi connectivity index (χ3v) is 6.62. The van der Waals surface area contributed by atoms with Gasteiger partial charge in [0, 0.05) is 18.2 Å². The van der Waals surface area contributed by atoms with E-state index < -0.39 is 43.8 Å². The second kappa shape index (κ2) is 9.59. The molecule has 0 heterocycles. The summed E-state index contributed by atoms with van der Waals surface area (Å²) in [5, 5.41) is 11.2. The van der Waals surface area contributed by atoms with Crippen LogP contribution in [-0.2, 0) is 22.7 Å². The zero-order valence-electron chi connectivity index (χ0n) is 17.9. The molecule has 0 amide bonds. The van der Waals surface area contributed by atoms with Crippen molar-refractivity contribution in [3.63, 3.8) is 0 Å². The van der Waals surface area contributed by atoms with Gasteiger partial charge >= 0.3 is 6.18 Å². The molecule has 3 aromatic carbocycles. The first-order valence-corrected chi connectivity index (χ1v) is 11.1. The number of alkyl halides is 3. The first-order chi connectivity index (χ1) is 16.0. The highest BCUT2D eigenvalue weighted by atomic mass is 32.2. The van der Waals surface area contributed by atoms with Crippen molar-refractivity contribution in [1.82, 2.24) is 0 Å². The van der Waals surface area contributed by atoms with E-state index in [0.717, 1.165) is 28.6 Å². The Balaban J connectivity index is 2.17. The van der Waals surface area contributed by atoms with E-state index >= 15 is 0 Å². The number of nitro benzene ring substituents is 1. The molecule has 0 bridgehead atoms. The molecule has 0 atom stereocenters. The van der Waals surface area contributed by atoms with Gasteiger partial charge in [0.1, 0.15) is 0 Å². The molecule has 0 unspecified atom stereocenters. The van der Waals surface area contributed by atoms with Gasteiger partial charge in [-0.2, -0.15) is 13.2 Å². The number of nitrogens with zero attached hydrogens (tertiary/aromatic N) is 2. The summed E-state index contributed by atoms with van der Waals surface area (Å²) in [6.07, 6.45) is -4.62. The molecular formula is C22H19F3N2O6S.